The van der Waals surface area contributed by atoms with Crippen LogP contribution < -0.4 is 10.2 Å². The Hall–Kier alpha value is -2.44. The third kappa shape index (κ3) is 4.20. The van der Waals surface area contributed by atoms with Gasteiger partial charge in [-0.25, -0.2) is 4.98 Å². The van der Waals surface area contributed by atoms with E-state index in [2.05, 4.69) is 25.3 Å². The second-order valence-corrected chi connectivity index (χ2v) is 9.92. The van der Waals surface area contributed by atoms with Gasteiger partial charge in [0.2, 0.25) is 5.91 Å². The number of amidine groups is 1. The molecular formula is C18H22N6O4S2. The van der Waals surface area contributed by atoms with Crippen molar-refractivity contribution in [3.8, 4) is 0 Å². The highest BCUT2D eigenvalue weighted by molar-refractivity contribution is 8.14. The maximum atomic E-state index is 13.0. The number of carbonyl (C=O) groups is 1. The van der Waals surface area contributed by atoms with Crippen LogP contribution in [0.1, 0.15) is 24.7 Å². The Balaban J connectivity index is 1.50. The average molecular weight is 451 g/mol. The molecule has 1 saturated heterocycles. The fraction of sp³-hybridized carbons (Fsp3) is 0.444. The van der Waals surface area contributed by atoms with Crippen molar-refractivity contribution < 1.29 is 17.9 Å². The van der Waals surface area contributed by atoms with Crippen molar-refractivity contribution in [3.63, 3.8) is 0 Å². The molecule has 0 aromatic carbocycles. The third-order valence-corrected chi connectivity index (χ3v) is 7.67. The van der Waals surface area contributed by atoms with E-state index in [0.717, 1.165) is 28.6 Å². The topological polar surface area (TPSA) is 119 Å². The van der Waals surface area contributed by atoms with Gasteiger partial charge in [0.15, 0.2) is 5.17 Å². The molecule has 2 unspecified atom stereocenters. The molecule has 2 aromatic heterocycles. The molecule has 0 radical (unpaired) electrons. The first kappa shape index (κ1) is 20.8. The van der Waals surface area contributed by atoms with E-state index in [1.54, 1.807) is 12.1 Å². The lowest BCUT2D eigenvalue weighted by Gasteiger charge is -2.27. The number of carbonyl (C=O) groups excluding carboxylic acids is 1. The Morgan fingerprint density at radius 1 is 1.27 bits per heavy atom. The molecule has 30 heavy (non-hydrogen) atoms. The Labute approximate surface area is 178 Å². The van der Waals surface area contributed by atoms with Crippen molar-refractivity contribution in [1.82, 2.24) is 19.5 Å². The van der Waals surface area contributed by atoms with Crippen molar-refractivity contribution in [2.75, 3.05) is 31.2 Å². The molecule has 0 aliphatic carbocycles. The van der Waals surface area contributed by atoms with Gasteiger partial charge in [0.05, 0.1) is 30.7 Å². The van der Waals surface area contributed by atoms with Crippen LogP contribution in [0.15, 0.2) is 40.6 Å². The molecule has 1 amide bonds. The predicted molar refractivity (Wildman–Crippen MR) is 113 cm³/mol. The number of rotatable bonds is 4. The van der Waals surface area contributed by atoms with E-state index in [-0.39, 0.29) is 22.1 Å². The lowest BCUT2D eigenvalue weighted by Crippen LogP contribution is -2.36. The number of anilines is 1. The highest BCUT2D eigenvalue weighted by atomic mass is 32.2. The Morgan fingerprint density at radius 2 is 2.03 bits per heavy atom. The van der Waals surface area contributed by atoms with Crippen molar-refractivity contribution in [2.24, 2.45) is 4.99 Å². The predicted octanol–water partition coefficient (Wildman–Crippen LogP) is 1.02. The van der Waals surface area contributed by atoms with Crippen molar-refractivity contribution in [3.05, 3.63) is 36.3 Å². The van der Waals surface area contributed by atoms with Crippen LogP contribution in [0.4, 0.5) is 5.82 Å². The molecule has 12 heteroatoms. The summed E-state index contributed by atoms with van der Waals surface area (Å²) in [4.78, 5) is 22.1. The number of hydrogen-bond donors (Lipinski definition) is 1. The summed E-state index contributed by atoms with van der Waals surface area (Å²) in [5.41, 5.74) is 0.720. The monoisotopic (exact) mass is 450 g/mol. The van der Waals surface area contributed by atoms with Gasteiger partial charge in [0, 0.05) is 38.0 Å². The largest absolute Gasteiger partial charge is 0.378 e. The van der Waals surface area contributed by atoms with Crippen LogP contribution in [0.3, 0.4) is 0 Å². The van der Waals surface area contributed by atoms with Gasteiger partial charge in [0.1, 0.15) is 10.7 Å². The van der Waals surface area contributed by atoms with Crippen molar-refractivity contribution in [1.29, 1.82) is 0 Å². The lowest BCUT2D eigenvalue weighted by molar-refractivity contribution is -0.117. The molecular weight excluding hydrogens is 428 g/mol. The van der Waals surface area contributed by atoms with E-state index in [0.29, 0.717) is 18.4 Å². The second-order valence-electron chi connectivity index (χ2n) is 7.00. The minimum atomic E-state index is -3.86. The van der Waals surface area contributed by atoms with Gasteiger partial charge in [-0.15, -0.1) is 0 Å². The zero-order valence-electron chi connectivity index (χ0n) is 16.6. The van der Waals surface area contributed by atoms with E-state index in [1.807, 2.05) is 6.92 Å². The molecule has 2 aliphatic rings. The summed E-state index contributed by atoms with van der Waals surface area (Å²) in [6, 6.07) is 3.12. The number of aliphatic imine (C=N–C) groups is 1. The van der Waals surface area contributed by atoms with E-state index in [4.69, 9.17) is 4.74 Å². The SMILES string of the molecule is CC(=O)NC1=NC(C)C(c2cnn(S(=O)(=O)c3ccc(N4CCOCC4)nc3)c2)S1. The standard InChI is InChI=1S/C18H22N6O4S2/c1-12-17(29-18(21-12)22-13(2)25)14-9-20-24(11-14)30(26,27)15-3-4-16(19-10-15)23-5-7-28-8-6-23/h3-4,9-12,17H,5-8H2,1-2H3,(H,21,22,25). The number of aromatic nitrogens is 3. The number of pyridine rings is 1. The Morgan fingerprint density at radius 3 is 2.70 bits per heavy atom. The summed E-state index contributed by atoms with van der Waals surface area (Å²) in [7, 11) is -3.86. The second kappa shape index (κ2) is 8.36. The third-order valence-electron chi connectivity index (χ3n) is 4.79. The maximum absolute atomic E-state index is 13.0. The van der Waals surface area contributed by atoms with Crippen LogP contribution in [-0.2, 0) is 19.6 Å². The molecule has 2 atom stereocenters. The van der Waals surface area contributed by atoms with Crippen molar-refractivity contribution in [2.45, 2.75) is 30.0 Å². The minimum Gasteiger partial charge on any atom is -0.378 e. The van der Waals surface area contributed by atoms with E-state index >= 15 is 0 Å². The minimum absolute atomic E-state index is 0.0662. The Bertz CT molecular complexity index is 1060. The summed E-state index contributed by atoms with van der Waals surface area (Å²) < 4.78 is 32.2. The van der Waals surface area contributed by atoms with Gasteiger partial charge < -0.3 is 15.0 Å². The molecule has 0 bridgehead atoms. The quantitative estimate of drug-likeness (QED) is 0.733. The fourth-order valence-corrected chi connectivity index (χ4v) is 5.53. The average Bonchev–Trinajstić information content (AvgIpc) is 3.35. The number of hydrogen-bond acceptors (Lipinski definition) is 9. The maximum Gasteiger partial charge on any atom is 0.284 e. The van der Waals surface area contributed by atoms with Gasteiger partial charge in [0.25, 0.3) is 10.0 Å². The molecule has 4 heterocycles. The first-order valence-corrected chi connectivity index (χ1v) is 11.8. The smallest absolute Gasteiger partial charge is 0.284 e. The van der Waals surface area contributed by atoms with Crippen LogP contribution in [0.25, 0.3) is 0 Å². The van der Waals surface area contributed by atoms with Gasteiger partial charge in [-0.2, -0.15) is 17.6 Å². The van der Waals surface area contributed by atoms with Crippen LogP contribution in [0.5, 0.6) is 0 Å². The lowest BCUT2D eigenvalue weighted by atomic mass is 10.1. The summed E-state index contributed by atoms with van der Waals surface area (Å²) in [5, 5.41) is 7.14. The molecule has 1 N–H and O–H groups in total. The van der Waals surface area contributed by atoms with Crippen molar-refractivity contribution >= 4 is 38.7 Å². The van der Waals surface area contributed by atoms with Crippen LogP contribution in [0.2, 0.25) is 0 Å². The summed E-state index contributed by atoms with van der Waals surface area (Å²) >= 11 is 1.38. The zero-order valence-corrected chi connectivity index (χ0v) is 18.2. The molecule has 2 aromatic rings. The van der Waals surface area contributed by atoms with Crippen LogP contribution >= 0.6 is 11.8 Å². The number of nitrogens with zero attached hydrogens (tertiary/aromatic N) is 5. The first-order chi connectivity index (χ1) is 14.3. The number of nitrogens with one attached hydrogen (secondary N) is 1. The molecule has 0 saturated carbocycles. The molecule has 4 rings (SSSR count). The van der Waals surface area contributed by atoms with Gasteiger partial charge in [-0.3, -0.25) is 9.79 Å². The van der Waals surface area contributed by atoms with Crippen LogP contribution in [-0.4, -0.2) is 66.0 Å². The number of morpholine rings is 1. The number of ether oxygens (including phenoxy) is 1. The summed E-state index contributed by atoms with van der Waals surface area (Å²) in [6.07, 6.45) is 4.37. The van der Waals surface area contributed by atoms with Crippen LogP contribution in [0, 0.1) is 0 Å². The number of thioether (sulfide) groups is 1. The molecule has 160 valence electrons. The number of amides is 1. The van der Waals surface area contributed by atoms with Gasteiger partial charge in [-0.05, 0) is 19.1 Å². The Kier molecular flexibility index (Phi) is 5.80. The highest BCUT2D eigenvalue weighted by Gasteiger charge is 2.31. The van der Waals surface area contributed by atoms with Gasteiger partial charge in [-0.1, -0.05) is 11.8 Å². The zero-order chi connectivity index (χ0) is 21.3. The fourth-order valence-electron chi connectivity index (χ4n) is 3.27. The molecule has 2 aliphatic heterocycles. The first-order valence-electron chi connectivity index (χ1n) is 9.45. The van der Waals surface area contributed by atoms with E-state index in [1.165, 1.54) is 37.3 Å². The van der Waals surface area contributed by atoms with E-state index < -0.39 is 10.0 Å². The summed E-state index contributed by atoms with van der Waals surface area (Å²) in [6.45, 7) is 6.03. The van der Waals surface area contributed by atoms with E-state index in [9.17, 15) is 13.2 Å². The molecule has 0 spiro atoms. The normalized spacial score (nSPS) is 22.1. The molecule has 1 fully saturated rings. The summed E-state index contributed by atoms with van der Waals surface area (Å²) in [5.74, 6) is 0.526. The highest BCUT2D eigenvalue weighted by Crippen LogP contribution is 2.39. The molecule has 10 nitrogen and oxygen atoms in total. The van der Waals surface area contributed by atoms with Gasteiger partial charge >= 0.3 is 0 Å².